The van der Waals surface area contributed by atoms with E-state index in [2.05, 4.69) is 0 Å². The molecule has 1 atom stereocenters. The number of hydrogen-bond donors (Lipinski definition) is 2. The standard InChI is InChI=1S/C12H17NO/c13-11-8-4-3-7-10(11)12(14)9-5-1-2-6-9/h3-4,7-9,12,14H,1-2,5-6,13H2. The van der Waals surface area contributed by atoms with Crippen molar-refractivity contribution < 1.29 is 5.11 Å². The lowest BCUT2D eigenvalue weighted by Crippen LogP contribution is -2.10. The molecule has 1 aliphatic carbocycles. The van der Waals surface area contributed by atoms with E-state index >= 15 is 0 Å². The number of nitrogen functional groups attached to an aromatic ring is 1. The van der Waals surface area contributed by atoms with Crippen molar-refractivity contribution in [1.29, 1.82) is 0 Å². The first kappa shape index (κ1) is 9.53. The van der Waals surface area contributed by atoms with Crippen molar-refractivity contribution in [2.45, 2.75) is 31.8 Å². The molecular weight excluding hydrogens is 174 g/mol. The number of nitrogens with two attached hydrogens (primary N) is 1. The molecule has 1 aliphatic rings. The van der Waals surface area contributed by atoms with E-state index in [-0.39, 0.29) is 6.10 Å². The maximum Gasteiger partial charge on any atom is 0.0838 e. The Bertz CT molecular complexity index is 305. The van der Waals surface area contributed by atoms with Gasteiger partial charge in [0.1, 0.15) is 0 Å². The number of anilines is 1. The molecule has 2 rings (SSSR count). The molecule has 0 radical (unpaired) electrons. The van der Waals surface area contributed by atoms with Gasteiger partial charge >= 0.3 is 0 Å². The fourth-order valence-electron chi connectivity index (χ4n) is 2.31. The summed E-state index contributed by atoms with van der Waals surface area (Å²) in [5.41, 5.74) is 7.45. The van der Waals surface area contributed by atoms with Crippen molar-refractivity contribution in [1.82, 2.24) is 0 Å². The molecule has 3 N–H and O–H groups in total. The summed E-state index contributed by atoms with van der Waals surface area (Å²) < 4.78 is 0. The van der Waals surface area contributed by atoms with Crippen LogP contribution in [0.15, 0.2) is 24.3 Å². The van der Waals surface area contributed by atoms with Crippen LogP contribution in [-0.4, -0.2) is 5.11 Å². The highest BCUT2D eigenvalue weighted by Gasteiger charge is 2.25. The quantitative estimate of drug-likeness (QED) is 0.705. The van der Waals surface area contributed by atoms with Gasteiger partial charge in [-0.25, -0.2) is 0 Å². The van der Waals surface area contributed by atoms with Gasteiger partial charge in [-0.05, 0) is 24.8 Å². The van der Waals surface area contributed by atoms with Gasteiger partial charge in [0, 0.05) is 11.3 Å². The van der Waals surface area contributed by atoms with Gasteiger partial charge in [0.05, 0.1) is 6.10 Å². The Morgan fingerprint density at radius 1 is 1.21 bits per heavy atom. The number of aliphatic hydroxyl groups is 1. The lowest BCUT2D eigenvalue weighted by molar-refractivity contribution is 0.112. The molecule has 0 heterocycles. The lowest BCUT2D eigenvalue weighted by atomic mass is 9.93. The van der Waals surface area contributed by atoms with E-state index in [1.165, 1.54) is 12.8 Å². The molecule has 2 nitrogen and oxygen atoms in total. The van der Waals surface area contributed by atoms with Gasteiger partial charge < -0.3 is 10.8 Å². The summed E-state index contributed by atoms with van der Waals surface area (Å²) >= 11 is 0. The molecule has 1 aromatic rings. The summed E-state index contributed by atoms with van der Waals surface area (Å²) in [5.74, 6) is 0.416. The fourth-order valence-corrected chi connectivity index (χ4v) is 2.31. The maximum absolute atomic E-state index is 10.1. The lowest BCUT2D eigenvalue weighted by Gasteiger charge is -2.19. The van der Waals surface area contributed by atoms with E-state index in [0.29, 0.717) is 11.6 Å². The van der Waals surface area contributed by atoms with Gasteiger partial charge in [-0.3, -0.25) is 0 Å². The van der Waals surface area contributed by atoms with E-state index in [4.69, 9.17) is 5.73 Å². The molecule has 0 saturated heterocycles. The van der Waals surface area contributed by atoms with Crippen LogP contribution in [0.1, 0.15) is 37.4 Å². The van der Waals surface area contributed by atoms with Crippen LogP contribution in [0.3, 0.4) is 0 Å². The molecular formula is C12H17NO. The van der Waals surface area contributed by atoms with Crippen LogP contribution in [-0.2, 0) is 0 Å². The molecule has 1 aromatic carbocycles. The zero-order valence-electron chi connectivity index (χ0n) is 8.32. The van der Waals surface area contributed by atoms with E-state index in [1.54, 1.807) is 0 Å². The molecule has 0 aliphatic heterocycles. The predicted molar refractivity (Wildman–Crippen MR) is 57.8 cm³/mol. The molecule has 0 amide bonds. The molecule has 1 fully saturated rings. The average Bonchev–Trinajstić information content (AvgIpc) is 2.70. The number of rotatable bonds is 2. The van der Waals surface area contributed by atoms with Crippen molar-refractivity contribution in [2.24, 2.45) is 5.92 Å². The second-order valence-corrected chi connectivity index (χ2v) is 4.12. The molecule has 1 saturated carbocycles. The molecule has 1 unspecified atom stereocenters. The zero-order valence-corrected chi connectivity index (χ0v) is 8.32. The van der Waals surface area contributed by atoms with Crippen molar-refractivity contribution in [3.63, 3.8) is 0 Å². The molecule has 0 spiro atoms. The second kappa shape index (κ2) is 4.01. The monoisotopic (exact) mass is 191 g/mol. The van der Waals surface area contributed by atoms with Crippen LogP contribution in [0, 0.1) is 5.92 Å². The van der Waals surface area contributed by atoms with Crippen molar-refractivity contribution >= 4 is 5.69 Å². The first-order valence-electron chi connectivity index (χ1n) is 5.31. The van der Waals surface area contributed by atoms with Gasteiger partial charge in [0.2, 0.25) is 0 Å². The SMILES string of the molecule is Nc1ccccc1C(O)C1CCCC1. The molecule has 14 heavy (non-hydrogen) atoms. The highest BCUT2D eigenvalue weighted by atomic mass is 16.3. The highest BCUT2D eigenvalue weighted by Crippen LogP contribution is 2.37. The molecule has 0 aromatic heterocycles. The average molecular weight is 191 g/mol. The third-order valence-electron chi connectivity index (χ3n) is 3.16. The zero-order chi connectivity index (χ0) is 9.97. The molecule has 76 valence electrons. The topological polar surface area (TPSA) is 46.2 Å². The summed E-state index contributed by atoms with van der Waals surface area (Å²) in [6, 6.07) is 7.62. The van der Waals surface area contributed by atoms with Gasteiger partial charge in [-0.15, -0.1) is 0 Å². The summed E-state index contributed by atoms with van der Waals surface area (Å²) in [6.45, 7) is 0. The van der Waals surface area contributed by atoms with Gasteiger partial charge in [0.25, 0.3) is 0 Å². The Morgan fingerprint density at radius 2 is 1.86 bits per heavy atom. The van der Waals surface area contributed by atoms with Crippen LogP contribution < -0.4 is 5.73 Å². The first-order chi connectivity index (χ1) is 6.79. The number of benzene rings is 1. The number of para-hydroxylation sites is 1. The van der Waals surface area contributed by atoms with Crippen LogP contribution in [0.4, 0.5) is 5.69 Å². The van der Waals surface area contributed by atoms with Gasteiger partial charge in [-0.2, -0.15) is 0 Å². The van der Waals surface area contributed by atoms with Crippen LogP contribution in [0.2, 0.25) is 0 Å². The van der Waals surface area contributed by atoms with E-state index in [1.807, 2.05) is 24.3 Å². The Labute approximate surface area is 84.7 Å². The minimum Gasteiger partial charge on any atom is -0.398 e. The largest absolute Gasteiger partial charge is 0.398 e. The number of aliphatic hydroxyl groups excluding tert-OH is 1. The van der Waals surface area contributed by atoms with Crippen molar-refractivity contribution in [3.05, 3.63) is 29.8 Å². The number of hydrogen-bond acceptors (Lipinski definition) is 2. The van der Waals surface area contributed by atoms with Crippen LogP contribution >= 0.6 is 0 Å². The summed E-state index contributed by atoms with van der Waals surface area (Å²) in [4.78, 5) is 0. The van der Waals surface area contributed by atoms with E-state index in [0.717, 1.165) is 18.4 Å². The third-order valence-corrected chi connectivity index (χ3v) is 3.16. The van der Waals surface area contributed by atoms with E-state index < -0.39 is 0 Å². The first-order valence-corrected chi connectivity index (χ1v) is 5.31. The normalized spacial score (nSPS) is 19.8. The highest BCUT2D eigenvalue weighted by molar-refractivity contribution is 5.47. The fraction of sp³-hybridized carbons (Fsp3) is 0.500. The maximum atomic E-state index is 10.1. The smallest absolute Gasteiger partial charge is 0.0838 e. The molecule has 2 heteroatoms. The van der Waals surface area contributed by atoms with Crippen molar-refractivity contribution in [2.75, 3.05) is 5.73 Å². The van der Waals surface area contributed by atoms with Crippen LogP contribution in [0.5, 0.6) is 0 Å². The van der Waals surface area contributed by atoms with Crippen molar-refractivity contribution in [3.8, 4) is 0 Å². The Hall–Kier alpha value is -1.02. The minimum atomic E-state index is -0.362. The van der Waals surface area contributed by atoms with E-state index in [9.17, 15) is 5.11 Å². The Morgan fingerprint density at radius 3 is 2.50 bits per heavy atom. The Kier molecular flexibility index (Phi) is 2.73. The van der Waals surface area contributed by atoms with Crippen LogP contribution in [0.25, 0.3) is 0 Å². The van der Waals surface area contributed by atoms with Gasteiger partial charge in [-0.1, -0.05) is 31.0 Å². The predicted octanol–water partition coefficient (Wildman–Crippen LogP) is 2.49. The minimum absolute atomic E-state index is 0.362. The summed E-state index contributed by atoms with van der Waals surface area (Å²) in [7, 11) is 0. The summed E-state index contributed by atoms with van der Waals surface area (Å²) in [6.07, 6.45) is 4.40. The second-order valence-electron chi connectivity index (χ2n) is 4.12. The molecule has 0 bridgehead atoms. The summed E-state index contributed by atoms with van der Waals surface area (Å²) in [5, 5.41) is 10.1. The Balaban J connectivity index is 2.17. The third kappa shape index (κ3) is 1.75. The van der Waals surface area contributed by atoms with Gasteiger partial charge in [0.15, 0.2) is 0 Å².